The van der Waals surface area contributed by atoms with Gasteiger partial charge in [0.05, 0.1) is 0 Å². The van der Waals surface area contributed by atoms with Crippen LogP contribution in [0.4, 0.5) is 0 Å². The summed E-state index contributed by atoms with van der Waals surface area (Å²) in [6.45, 7) is 3.51. The lowest BCUT2D eigenvalue weighted by Crippen LogP contribution is -2.53. The van der Waals surface area contributed by atoms with Crippen LogP contribution in [0.15, 0.2) is 0 Å². The minimum Gasteiger partial charge on any atom is -0.269 e. The number of hydrazine groups is 1. The summed E-state index contributed by atoms with van der Waals surface area (Å²) in [4.78, 5) is 0. The van der Waals surface area contributed by atoms with Crippen molar-refractivity contribution in [2.75, 3.05) is 6.54 Å². The zero-order valence-corrected chi connectivity index (χ0v) is 8.00. The van der Waals surface area contributed by atoms with Gasteiger partial charge in [-0.15, -0.1) is 0 Å². The third kappa shape index (κ3) is 1.38. The fourth-order valence-electron chi connectivity index (χ4n) is 2.95. The number of hydrogen-bond acceptors (Lipinski definition) is 2. The summed E-state index contributed by atoms with van der Waals surface area (Å²) < 4.78 is 0. The van der Waals surface area contributed by atoms with Crippen LogP contribution >= 0.6 is 0 Å². The second kappa shape index (κ2) is 3.35. The van der Waals surface area contributed by atoms with Crippen molar-refractivity contribution < 1.29 is 0 Å². The summed E-state index contributed by atoms with van der Waals surface area (Å²) >= 11 is 0. The molecule has 2 rings (SSSR count). The van der Waals surface area contributed by atoms with Gasteiger partial charge in [0.2, 0.25) is 0 Å². The van der Waals surface area contributed by atoms with Crippen molar-refractivity contribution in [1.29, 1.82) is 0 Å². The summed E-state index contributed by atoms with van der Waals surface area (Å²) in [5, 5.41) is 2.10. The van der Waals surface area contributed by atoms with Crippen molar-refractivity contribution in [3.05, 3.63) is 0 Å². The molecule has 0 spiro atoms. The van der Waals surface area contributed by atoms with E-state index in [2.05, 4.69) is 11.9 Å². The van der Waals surface area contributed by atoms with Gasteiger partial charge in [0.25, 0.3) is 0 Å². The van der Waals surface area contributed by atoms with E-state index in [1.807, 2.05) is 0 Å². The molecule has 70 valence electrons. The van der Waals surface area contributed by atoms with Gasteiger partial charge in [-0.3, -0.25) is 5.84 Å². The SMILES string of the molecule is CC1CCN(N)C2CCCCC12. The maximum absolute atomic E-state index is 5.98. The molecular weight excluding hydrogens is 148 g/mol. The molecule has 0 radical (unpaired) electrons. The molecule has 3 unspecified atom stereocenters. The van der Waals surface area contributed by atoms with Gasteiger partial charge in [-0.2, -0.15) is 0 Å². The first-order valence-electron chi connectivity index (χ1n) is 5.30. The van der Waals surface area contributed by atoms with Crippen LogP contribution in [0.5, 0.6) is 0 Å². The standard InChI is InChI=1S/C10H20N2/c1-8-6-7-12(11)10-5-3-2-4-9(8)10/h8-10H,2-7,11H2,1H3. The molecule has 0 aromatic carbocycles. The highest BCUT2D eigenvalue weighted by Gasteiger charge is 2.35. The van der Waals surface area contributed by atoms with Crippen molar-refractivity contribution in [1.82, 2.24) is 5.01 Å². The molecule has 1 saturated heterocycles. The van der Waals surface area contributed by atoms with Gasteiger partial charge in [-0.25, -0.2) is 5.01 Å². The monoisotopic (exact) mass is 168 g/mol. The van der Waals surface area contributed by atoms with Crippen molar-refractivity contribution in [2.24, 2.45) is 17.7 Å². The molecule has 2 fully saturated rings. The van der Waals surface area contributed by atoms with E-state index in [-0.39, 0.29) is 0 Å². The Hall–Kier alpha value is -0.0800. The van der Waals surface area contributed by atoms with Gasteiger partial charge in [-0.05, 0) is 31.1 Å². The maximum atomic E-state index is 5.98. The molecule has 0 bridgehead atoms. The Labute approximate surface area is 75.1 Å². The van der Waals surface area contributed by atoms with Crippen LogP contribution in [0.1, 0.15) is 39.0 Å². The quantitative estimate of drug-likeness (QED) is 0.558. The van der Waals surface area contributed by atoms with Crippen LogP contribution < -0.4 is 5.84 Å². The average Bonchev–Trinajstić information content (AvgIpc) is 2.12. The number of nitrogens with zero attached hydrogens (tertiary/aromatic N) is 1. The fraction of sp³-hybridized carbons (Fsp3) is 1.00. The van der Waals surface area contributed by atoms with E-state index in [0.29, 0.717) is 6.04 Å². The minimum absolute atomic E-state index is 0.711. The molecule has 1 aliphatic heterocycles. The summed E-state index contributed by atoms with van der Waals surface area (Å²) in [6, 6.07) is 0.711. The second-order valence-electron chi connectivity index (χ2n) is 4.52. The van der Waals surface area contributed by atoms with E-state index in [0.717, 1.165) is 18.4 Å². The van der Waals surface area contributed by atoms with E-state index < -0.39 is 0 Å². The predicted octanol–water partition coefficient (Wildman–Crippen LogP) is 1.76. The van der Waals surface area contributed by atoms with Crippen LogP contribution in [0, 0.1) is 11.8 Å². The smallest absolute Gasteiger partial charge is 0.0271 e. The van der Waals surface area contributed by atoms with E-state index in [1.165, 1.54) is 32.1 Å². The Balaban J connectivity index is 2.05. The highest BCUT2D eigenvalue weighted by atomic mass is 15.4. The Kier molecular flexibility index (Phi) is 2.37. The molecule has 2 N–H and O–H groups in total. The average molecular weight is 168 g/mol. The van der Waals surface area contributed by atoms with Crippen molar-refractivity contribution in [3.8, 4) is 0 Å². The molecule has 1 heterocycles. The predicted molar refractivity (Wildman–Crippen MR) is 50.4 cm³/mol. The zero-order chi connectivity index (χ0) is 8.55. The Bertz CT molecular complexity index is 140. The number of piperidine rings is 1. The molecule has 3 atom stereocenters. The number of rotatable bonds is 0. The van der Waals surface area contributed by atoms with Crippen LogP contribution in [0.3, 0.4) is 0 Å². The molecule has 0 aromatic rings. The van der Waals surface area contributed by atoms with Gasteiger partial charge >= 0.3 is 0 Å². The number of fused-ring (bicyclic) bond motifs is 1. The Morgan fingerprint density at radius 1 is 1.17 bits per heavy atom. The van der Waals surface area contributed by atoms with E-state index in [1.54, 1.807) is 0 Å². The maximum Gasteiger partial charge on any atom is 0.0271 e. The van der Waals surface area contributed by atoms with Crippen LogP contribution in [-0.4, -0.2) is 17.6 Å². The number of nitrogens with two attached hydrogens (primary N) is 1. The van der Waals surface area contributed by atoms with Crippen LogP contribution in [0.2, 0.25) is 0 Å². The lowest BCUT2D eigenvalue weighted by molar-refractivity contribution is 0.0256. The summed E-state index contributed by atoms with van der Waals surface area (Å²) in [6.07, 6.45) is 6.88. The summed E-state index contributed by atoms with van der Waals surface area (Å²) in [5.41, 5.74) is 0. The summed E-state index contributed by atoms with van der Waals surface area (Å²) in [5.74, 6) is 7.80. The highest BCUT2D eigenvalue weighted by molar-refractivity contribution is 4.88. The second-order valence-corrected chi connectivity index (χ2v) is 4.52. The zero-order valence-electron chi connectivity index (χ0n) is 8.00. The highest BCUT2D eigenvalue weighted by Crippen LogP contribution is 2.37. The van der Waals surface area contributed by atoms with E-state index in [4.69, 9.17) is 5.84 Å². The fourth-order valence-corrected chi connectivity index (χ4v) is 2.95. The molecular formula is C10H20N2. The van der Waals surface area contributed by atoms with Crippen molar-refractivity contribution >= 4 is 0 Å². The van der Waals surface area contributed by atoms with Gasteiger partial charge in [0, 0.05) is 12.6 Å². The topological polar surface area (TPSA) is 29.3 Å². The first kappa shape index (κ1) is 8.52. The van der Waals surface area contributed by atoms with Gasteiger partial charge < -0.3 is 0 Å². The third-order valence-corrected chi connectivity index (χ3v) is 3.78. The Morgan fingerprint density at radius 3 is 2.67 bits per heavy atom. The minimum atomic E-state index is 0.711. The first-order valence-corrected chi connectivity index (χ1v) is 5.30. The van der Waals surface area contributed by atoms with Crippen LogP contribution in [-0.2, 0) is 0 Å². The largest absolute Gasteiger partial charge is 0.269 e. The lowest BCUT2D eigenvalue weighted by Gasteiger charge is -2.45. The molecule has 2 heteroatoms. The molecule has 2 nitrogen and oxygen atoms in total. The summed E-state index contributed by atoms with van der Waals surface area (Å²) in [7, 11) is 0. The van der Waals surface area contributed by atoms with Crippen molar-refractivity contribution in [2.45, 2.75) is 45.1 Å². The van der Waals surface area contributed by atoms with Gasteiger partial charge in [0.15, 0.2) is 0 Å². The third-order valence-electron chi connectivity index (χ3n) is 3.78. The molecule has 1 saturated carbocycles. The van der Waals surface area contributed by atoms with Crippen LogP contribution in [0.25, 0.3) is 0 Å². The van der Waals surface area contributed by atoms with E-state index >= 15 is 0 Å². The van der Waals surface area contributed by atoms with Crippen molar-refractivity contribution in [3.63, 3.8) is 0 Å². The molecule has 0 aromatic heterocycles. The number of hydrogen-bond donors (Lipinski definition) is 1. The molecule has 1 aliphatic carbocycles. The van der Waals surface area contributed by atoms with E-state index in [9.17, 15) is 0 Å². The normalized spacial score (nSPS) is 44.0. The Morgan fingerprint density at radius 2 is 1.92 bits per heavy atom. The first-order chi connectivity index (χ1) is 5.79. The van der Waals surface area contributed by atoms with Gasteiger partial charge in [-0.1, -0.05) is 19.8 Å². The lowest BCUT2D eigenvalue weighted by atomic mass is 9.73. The molecule has 0 amide bonds. The molecule has 2 aliphatic rings. The van der Waals surface area contributed by atoms with Gasteiger partial charge in [0.1, 0.15) is 0 Å². The molecule has 12 heavy (non-hydrogen) atoms.